The molecule has 0 amide bonds. The molecule has 2 aromatic rings. The molecular formula is C25H36O4. The van der Waals surface area contributed by atoms with E-state index in [1.807, 2.05) is 24.3 Å². The third-order valence-corrected chi connectivity index (χ3v) is 4.97. The van der Waals surface area contributed by atoms with Gasteiger partial charge in [-0.05, 0) is 41.5 Å². The van der Waals surface area contributed by atoms with Gasteiger partial charge in [-0.3, -0.25) is 0 Å². The highest BCUT2D eigenvalue weighted by atomic mass is 16.5. The van der Waals surface area contributed by atoms with Gasteiger partial charge in [0.15, 0.2) is 0 Å². The second-order valence-electron chi connectivity index (χ2n) is 9.47. The van der Waals surface area contributed by atoms with Crippen LogP contribution in [0.15, 0.2) is 24.3 Å². The zero-order chi connectivity index (χ0) is 22.0. The third-order valence-electron chi connectivity index (χ3n) is 4.97. The molecule has 0 bridgehead atoms. The van der Waals surface area contributed by atoms with Crippen LogP contribution in [-0.2, 0) is 10.8 Å². The summed E-state index contributed by atoms with van der Waals surface area (Å²) in [5.41, 5.74) is 2.96. The Morgan fingerprint density at radius 2 is 1.24 bits per heavy atom. The number of phenols is 1. The van der Waals surface area contributed by atoms with Gasteiger partial charge in [0, 0.05) is 22.3 Å². The van der Waals surface area contributed by atoms with Crippen LogP contribution in [0.25, 0.3) is 11.1 Å². The summed E-state index contributed by atoms with van der Waals surface area (Å²) < 4.78 is 17.4. The number of benzene rings is 2. The molecule has 0 atom stereocenters. The van der Waals surface area contributed by atoms with Gasteiger partial charge in [0.2, 0.25) is 0 Å². The zero-order valence-electron chi connectivity index (χ0n) is 19.4. The van der Waals surface area contributed by atoms with E-state index in [2.05, 4.69) is 48.5 Å². The predicted molar refractivity (Wildman–Crippen MR) is 120 cm³/mol. The molecule has 0 aliphatic rings. The summed E-state index contributed by atoms with van der Waals surface area (Å²) in [6, 6.07) is 7.72. The number of aromatic hydroxyl groups is 1. The molecule has 160 valence electrons. The van der Waals surface area contributed by atoms with Gasteiger partial charge in [0.25, 0.3) is 0 Å². The molecule has 0 aliphatic carbocycles. The lowest BCUT2D eigenvalue weighted by Crippen LogP contribution is -2.15. The van der Waals surface area contributed by atoms with Crippen LogP contribution in [0.3, 0.4) is 0 Å². The molecule has 1 N–H and O–H groups in total. The van der Waals surface area contributed by atoms with Gasteiger partial charge in [-0.15, -0.1) is 0 Å². The van der Waals surface area contributed by atoms with Crippen molar-refractivity contribution >= 4 is 0 Å². The van der Waals surface area contributed by atoms with Crippen molar-refractivity contribution in [3.63, 3.8) is 0 Å². The van der Waals surface area contributed by atoms with E-state index in [-0.39, 0.29) is 16.6 Å². The molecule has 29 heavy (non-hydrogen) atoms. The van der Waals surface area contributed by atoms with E-state index in [0.29, 0.717) is 17.9 Å². The van der Waals surface area contributed by atoms with Gasteiger partial charge in [-0.1, -0.05) is 48.5 Å². The average molecular weight is 401 g/mol. The molecule has 0 fully saturated rings. The molecule has 0 saturated carbocycles. The third kappa shape index (κ3) is 4.98. The first kappa shape index (κ1) is 22.9. The maximum Gasteiger partial charge on any atom is 0.131 e. The number of ether oxygens (including phenoxy) is 3. The molecule has 0 heterocycles. The largest absolute Gasteiger partial charge is 0.507 e. The number of phenolic OH excluding ortho intramolecular Hbond substituents is 1. The van der Waals surface area contributed by atoms with Gasteiger partial charge in [-0.2, -0.15) is 0 Å². The molecule has 0 spiro atoms. The summed E-state index contributed by atoms with van der Waals surface area (Å²) in [6.07, 6.45) is 0.895. The number of methoxy groups -OCH3 is 2. The van der Waals surface area contributed by atoms with Crippen molar-refractivity contribution < 1.29 is 19.3 Å². The van der Waals surface area contributed by atoms with Crippen LogP contribution >= 0.6 is 0 Å². The standard InChI is InChI=1S/C25H36O4/c1-10-11-29-23-19(13-17(28-9)15-21(23)25(5,6)7)18-12-16(27-8)14-20(22(18)26)24(2,3)4/h12-15,26H,10-11H2,1-9H3. The highest BCUT2D eigenvalue weighted by molar-refractivity contribution is 5.81. The molecule has 0 radical (unpaired) electrons. The van der Waals surface area contributed by atoms with Crippen LogP contribution in [0.4, 0.5) is 0 Å². The van der Waals surface area contributed by atoms with Crippen molar-refractivity contribution in [2.75, 3.05) is 20.8 Å². The minimum atomic E-state index is -0.246. The zero-order valence-corrected chi connectivity index (χ0v) is 19.4. The fourth-order valence-electron chi connectivity index (χ4n) is 3.34. The fraction of sp³-hybridized carbons (Fsp3) is 0.520. The van der Waals surface area contributed by atoms with Crippen LogP contribution in [-0.4, -0.2) is 25.9 Å². The summed E-state index contributed by atoms with van der Waals surface area (Å²) in [4.78, 5) is 0. The first-order valence-electron chi connectivity index (χ1n) is 10.2. The number of hydrogen-bond donors (Lipinski definition) is 1. The van der Waals surface area contributed by atoms with Gasteiger partial charge < -0.3 is 19.3 Å². The fourth-order valence-corrected chi connectivity index (χ4v) is 3.34. The quantitative estimate of drug-likeness (QED) is 0.604. The monoisotopic (exact) mass is 400 g/mol. The molecule has 0 aliphatic heterocycles. The summed E-state index contributed by atoms with van der Waals surface area (Å²) in [5.74, 6) is 2.45. The van der Waals surface area contributed by atoms with E-state index in [9.17, 15) is 5.11 Å². The van der Waals surface area contributed by atoms with Crippen molar-refractivity contribution in [2.24, 2.45) is 0 Å². The van der Waals surface area contributed by atoms with E-state index in [1.54, 1.807) is 14.2 Å². The Morgan fingerprint density at radius 1 is 0.759 bits per heavy atom. The van der Waals surface area contributed by atoms with Crippen LogP contribution in [0.2, 0.25) is 0 Å². The highest BCUT2D eigenvalue weighted by Crippen LogP contribution is 2.48. The molecule has 0 saturated heterocycles. The lowest BCUT2D eigenvalue weighted by Gasteiger charge is -2.27. The molecule has 4 heteroatoms. The Hall–Kier alpha value is -2.36. The number of hydrogen-bond acceptors (Lipinski definition) is 4. The number of rotatable bonds is 6. The maximum atomic E-state index is 11.3. The van der Waals surface area contributed by atoms with E-state index in [0.717, 1.165) is 34.6 Å². The maximum absolute atomic E-state index is 11.3. The minimum Gasteiger partial charge on any atom is -0.507 e. The SMILES string of the molecule is CCCOc1c(-c2cc(OC)cc(C(C)(C)C)c2O)cc(OC)cc1C(C)(C)C. The van der Waals surface area contributed by atoms with E-state index in [1.165, 1.54) is 0 Å². The van der Waals surface area contributed by atoms with Crippen molar-refractivity contribution in [3.8, 4) is 34.1 Å². The average Bonchev–Trinajstić information content (AvgIpc) is 2.64. The Balaban J connectivity index is 2.92. The minimum absolute atomic E-state index is 0.159. The summed E-state index contributed by atoms with van der Waals surface area (Å²) >= 11 is 0. The normalized spacial score (nSPS) is 12.0. The van der Waals surface area contributed by atoms with E-state index in [4.69, 9.17) is 14.2 Å². The first-order valence-corrected chi connectivity index (χ1v) is 10.2. The topological polar surface area (TPSA) is 47.9 Å². The van der Waals surface area contributed by atoms with Crippen LogP contribution in [0.5, 0.6) is 23.0 Å². The first-order chi connectivity index (χ1) is 13.4. The molecule has 2 rings (SSSR count). The van der Waals surface area contributed by atoms with Crippen molar-refractivity contribution in [2.45, 2.75) is 65.7 Å². The Labute approximate surface area is 175 Å². The second-order valence-corrected chi connectivity index (χ2v) is 9.47. The summed E-state index contributed by atoms with van der Waals surface area (Å²) in [7, 11) is 3.30. The molecule has 0 unspecified atom stereocenters. The van der Waals surface area contributed by atoms with Crippen molar-refractivity contribution in [1.82, 2.24) is 0 Å². The Kier molecular flexibility index (Phi) is 6.77. The molecule has 0 aromatic heterocycles. The smallest absolute Gasteiger partial charge is 0.131 e. The van der Waals surface area contributed by atoms with Crippen LogP contribution in [0.1, 0.15) is 66.0 Å². The van der Waals surface area contributed by atoms with Crippen molar-refractivity contribution in [1.29, 1.82) is 0 Å². The lowest BCUT2D eigenvalue weighted by molar-refractivity contribution is 0.308. The second kappa shape index (κ2) is 8.56. The van der Waals surface area contributed by atoms with E-state index >= 15 is 0 Å². The highest BCUT2D eigenvalue weighted by Gasteiger charge is 2.28. The Bertz CT molecular complexity index is 855. The van der Waals surface area contributed by atoms with Crippen LogP contribution < -0.4 is 14.2 Å². The predicted octanol–water partition coefficient (Wildman–Crippen LogP) is 6.46. The molecule has 2 aromatic carbocycles. The van der Waals surface area contributed by atoms with Gasteiger partial charge in [0.05, 0.1) is 20.8 Å². The van der Waals surface area contributed by atoms with Crippen LogP contribution in [0, 0.1) is 0 Å². The van der Waals surface area contributed by atoms with Gasteiger partial charge in [0.1, 0.15) is 23.0 Å². The van der Waals surface area contributed by atoms with Gasteiger partial charge in [-0.25, -0.2) is 0 Å². The summed E-state index contributed by atoms with van der Waals surface area (Å²) in [6.45, 7) is 15.4. The van der Waals surface area contributed by atoms with Crippen molar-refractivity contribution in [3.05, 3.63) is 35.4 Å². The van der Waals surface area contributed by atoms with E-state index < -0.39 is 0 Å². The molecular weight excluding hydrogens is 364 g/mol. The molecule has 4 nitrogen and oxygen atoms in total. The Morgan fingerprint density at radius 3 is 1.69 bits per heavy atom. The lowest BCUT2D eigenvalue weighted by atomic mass is 9.81. The van der Waals surface area contributed by atoms with Gasteiger partial charge >= 0.3 is 0 Å². The summed E-state index contributed by atoms with van der Waals surface area (Å²) in [5, 5.41) is 11.3.